The van der Waals surface area contributed by atoms with Crippen LogP contribution in [-0.4, -0.2) is 50.5 Å². The lowest BCUT2D eigenvalue weighted by atomic mass is 10.1. The number of nitrogens with zero attached hydrogens (tertiary/aromatic N) is 2. The average Bonchev–Trinajstić information content (AvgIpc) is 2.61. The van der Waals surface area contributed by atoms with Crippen molar-refractivity contribution in [3.63, 3.8) is 0 Å². The molecule has 3 atom stereocenters. The second-order valence-electron chi connectivity index (χ2n) is 4.31. The Kier molecular flexibility index (Phi) is 3.63. The molecule has 1 aromatic rings. The predicted octanol–water partition coefficient (Wildman–Crippen LogP) is -0.613. The second-order valence-corrected chi connectivity index (χ2v) is 4.31. The van der Waals surface area contributed by atoms with Gasteiger partial charge in [0.25, 0.3) is 0 Å². The van der Waals surface area contributed by atoms with E-state index in [0.717, 1.165) is 0 Å². The summed E-state index contributed by atoms with van der Waals surface area (Å²) in [5, 5.41) is 17.6. The molecule has 0 aromatic carbocycles. The van der Waals surface area contributed by atoms with Crippen molar-refractivity contribution in [3.05, 3.63) is 22.2 Å². The Labute approximate surface area is 114 Å². The maximum absolute atomic E-state index is 13.7. The van der Waals surface area contributed by atoms with Crippen LogP contribution in [0.1, 0.15) is 16.6 Å². The maximum atomic E-state index is 13.7. The van der Waals surface area contributed by atoms with E-state index in [1.165, 1.54) is 0 Å². The van der Waals surface area contributed by atoms with Crippen LogP contribution in [0.25, 0.3) is 0 Å². The third-order valence-electron chi connectivity index (χ3n) is 3.00. The SMILES string of the molecule is Nc1nc(=O)n(C2OC(CO)C(F)(F)C2F)cc1C(=O)O. The molecule has 11 heteroatoms. The first-order valence-corrected chi connectivity index (χ1v) is 5.60. The molecule has 1 aliphatic heterocycles. The smallest absolute Gasteiger partial charge is 0.351 e. The summed E-state index contributed by atoms with van der Waals surface area (Å²) in [5.74, 6) is -6.25. The fourth-order valence-corrected chi connectivity index (χ4v) is 1.90. The summed E-state index contributed by atoms with van der Waals surface area (Å²) in [4.78, 5) is 25.6. The fraction of sp³-hybridized carbons (Fsp3) is 0.500. The number of nitrogens with two attached hydrogens (primary N) is 1. The van der Waals surface area contributed by atoms with Crippen LogP contribution in [0.15, 0.2) is 11.0 Å². The minimum Gasteiger partial charge on any atom is -0.478 e. The van der Waals surface area contributed by atoms with Crippen LogP contribution in [0, 0.1) is 0 Å². The van der Waals surface area contributed by atoms with Gasteiger partial charge in [-0.2, -0.15) is 4.98 Å². The third-order valence-corrected chi connectivity index (χ3v) is 3.00. The number of halogens is 3. The van der Waals surface area contributed by atoms with Crippen LogP contribution in [0.2, 0.25) is 0 Å². The van der Waals surface area contributed by atoms with Crippen molar-refractivity contribution in [3.8, 4) is 0 Å². The van der Waals surface area contributed by atoms with Gasteiger partial charge in [-0.1, -0.05) is 0 Å². The molecule has 3 unspecified atom stereocenters. The van der Waals surface area contributed by atoms with Gasteiger partial charge in [-0.05, 0) is 0 Å². The van der Waals surface area contributed by atoms with E-state index < -0.39 is 54.1 Å². The molecular formula is C10H10F3N3O5. The van der Waals surface area contributed by atoms with Gasteiger partial charge in [0, 0.05) is 6.20 Å². The first kappa shape index (κ1) is 15.3. The van der Waals surface area contributed by atoms with Gasteiger partial charge in [0.2, 0.25) is 6.17 Å². The number of carbonyl (C=O) groups is 1. The molecule has 8 nitrogen and oxygen atoms in total. The van der Waals surface area contributed by atoms with E-state index in [2.05, 4.69) is 9.72 Å². The van der Waals surface area contributed by atoms with Crippen molar-refractivity contribution >= 4 is 11.8 Å². The molecule has 116 valence electrons. The number of alkyl halides is 3. The molecule has 2 rings (SSSR count). The summed E-state index contributed by atoms with van der Waals surface area (Å²) in [7, 11) is 0. The quantitative estimate of drug-likeness (QED) is 0.679. The fourth-order valence-electron chi connectivity index (χ4n) is 1.90. The molecule has 1 fully saturated rings. The lowest BCUT2D eigenvalue weighted by Crippen LogP contribution is -2.39. The highest BCUT2D eigenvalue weighted by Crippen LogP contribution is 2.42. The number of aromatic nitrogens is 2. The van der Waals surface area contributed by atoms with E-state index in [1.807, 2.05) is 0 Å². The van der Waals surface area contributed by atoms with Gasteiger partial charge < -0.3 is 20.7 Å². The molecule has 4 N–H and O–H groups in total. The average molecular weight is 309 g/mol. The van der Waals surface area contributed by atoms with E-state index in [9.17, 15) is 22.8 Å². The summed E-state index contributed by atoms with van der Waals surface area (Å²) in [6.07, 6.45) is -6.66. The Hall–Kier alpha value is -2.14. The lowest BCUT2D eigenvalue weighted by molar-refractivity contribution is -0.111. The van der Waals surface area contributed by atoms with Gasteiger partial charge in [-0.15, -0.1) is 0 Å². The summed E-state index contributed by atoms with van der Waals surface area (Å²) < 4.78 is 45.6. The van der Waals surface area contributed by atoms with Gasteiger partial charge in [0.15, 0.2) is 6.23 Å². The van der Waals surface area contributed by atoms with Crippen LogP contribution < -0.4 is 11.4 Å². The Bertz CT molecular complexity index is 635. The number of anilines is 1. The van der Waals surface area contributed by atoms with Crippen LogP contribution in [0.3, 0.4) is 0 Å². The Morgan fingerprint density at radius 3 is 2.67 bits per heavy atom. The number of carboxylic acid groups (broad SMARTS) is 1. The van der Waals surface area contributed by atoms with Crippen molar-refractivity contribution < 1.29 is 32.9 Å². The Balaban J connectivity index is 2.51. The van der Waals surface area contributed by atoms with Crippen molar-refractivity contribution in [2.75, 3.05) is 12.3 Å². The van der Waals surface area contributed by atoms with E-state index in [0.29, 0.717) is 6.20 Å². The number of aliphatic hydroxyl groups excluding tert-OH is 1. The number of hydrogen-bond acceptors (Lipinski definition) is 6. The van der Waals surface area contributed by atoms with Gasteiger partial charge in [0.05, 0.1) is 6.61 Å². The van der Waals surface area contributed by atoms with E-state index in [1.54, 1.807) is 0 Å². The second kappa shape index (κ2) is 5.00. The lowest BCUT2D eigenvalue weighted by Gasteiger charge is -2.17. The molecule has 1 aromatic heterocycles. The normalized spacial score (nSPS) is 27.7. The van der Waals surface area contributed by atoms with Crippen LogP contribution in [0.5, 0.6) is 0 Å². The third kappa shape index (κ3) is 2.34. The van der Waals surface area contributed by atoms with Crippen LogP contribution in [0.4, 0.5) is 19.0 Å². The van der Waals surface area contributed by atoms with Gasteiger partial charge in [-0.25, -0.2) is 22.8 Å². The van der Waals surface area contributed by atoms with Crippen molar-refractivity contribution in [2.45, 2.75) is 24.4 Å². The van der Waals surface area contributed by atoms with E-state index >= 15 is 0 Å². The van der Waals surface area contributed by atoms with Crippen molar-refractivity contribution in [1.29, 1.82) is 0 Å². The first-order chi connectivity index (χ1) is 9.70. The molecular weight excluding hydrogens is 299 g/mol. The zero-order valence-corrected chi connectivity index (χ0v) is 10.2. The highest BCUT2D eigenvalue weighted by atomic mass is 19.3. The molecule has 0 radical (unpaired) electrons. The monoisotopic (exact) mass is 309 g/mol. The minimum atomic E-state index is -4.04. The number of aliphatic hydroxyl groups is 1. The highest BCUT2D eigenvalue weighted by Gasteiger charge is 2.60. The highest BCUT2D eigenvalue weighted by molar-refractivity contribution is 5.92. The first-order valence-electron chi connectivity index (χ1n) is 5.60. The Morgan fingerprint density at radius 1 is 1.57 bits per heavy atom. The number of hydrogen-bond donors (Lipinski definition) is 3. The molecule has 0 saturated carbocycles. The predicted molar refractivity (Wildman–Crippen MR) is 60.7 cm³/mol. The number of ether oxygens (including phenoxy) is 1. The zero-order valence-electron chi connectivity index (χ0n) is 10.2. The largest absolute Gasteiger partial charge is 0.478 e. The molecule has 1 saturated heterocycles. The summed E-state index contributed by atoms with van der Waals surface area (Å²) in [6, 6.07) is 0. The number of rotatable bonds is 3. The molecule has 1 aliphatic rings. The van der Waals surface area contributed by atoms with E-state index in [-0.39, 0.29) is 4.57 Å². The van der Waals surface area contributed by atoms with Crippen LogP contribution >= 0.6 is 0 Å². The molecule has 0 amide bonds. The van der Waals surface area contributed by atoms with Gasteiger partial charge >= 0.3 is 17.6 Å². The standard InChI is InChI=1S/C10H10F3N3O5/c11-5-7(21-4(2-17)10(5,12)13)16-1-3(8(18)19)6(14)15-9(16)20/h1,4-5,7,17H,2H2,(H,18,19)(H2,14,15,20). The van der Waals surface area contributed by atoms with Crippen molar-refractivity contribution in [1.82, 2.24) is 9.55 Å². The molecule has 0 aliphatic carbocycles. The molecule has 2 heterocycles. The zero-order chi connectivity index (χ0) is 15.9. The van der Waals surface area contributed by atoms with Crippen LogP contribution in [-0.2, 0) is 4.74 Å². The number of aromatic carboxylic acids is 1. The maximum Gasteiger partial charge on any atom is 0.351 e. The number of carboxylic acids is 1. The summed E-state index contributed by atoms with van der Waals surface area (Å²) in [5.41, 5.74) is 3.29. The topological polar surface area (TPSA) is 128 Å². The summed E-state index contributed by atoms with van der Waals surface area (Å²) >= 11 is 0. The summed E-state index contributed by atoms with van der Waals surface area (Å²) in [6.45, 7) is -1.17. The number of nitrogen functional groups attached to an aromatic ring is 1. The van der Waals surface area contributed by atoms with E-state index in [4.69, 9.17) is 15.9 Å². The van der Waals surface area contributed by atoms with Gasteiger partial charge in [0.1, 0.15) is 17.5 Å². The molecule has 0 spiro atoms. The molecule has 21 heavy (non-hydrogen) atoms. The molecule has 0 bridgehead atoms. The van der Waals surface area contributed by atoms with Crippen molar-refractivity contribution in [2.24, 2.45) is 0 Å². The minimum absolute atomic E-state index is 0.272. The van der Waals surface area contributed by atoms with Gasteiger partial charge in [-0.3, -0.25) is 4.57 Å². The Morgan fingerprint density at radius 2 is 2.19 bits per heavy atom.